The quantitative estimate of drug-likeness (QED) is 0.0237. The van der Waals surface area contributed by atoms with Gasteiger partial charge in [-0.3, -0.25) is 29.5 Å². The van der Waals surface area contributed by atoms with E-state index in [0.717, 1.165) is 129 Å². The minimum absolute atomic E-state index is 0.118. The number of nitrogens with one attached hydrogen (secondary N) is 6. The molecule has 0 saturated heterocycles. The standard InChI is InChI=1S/C55H86N10O2/c1-3-5-7-9-11-13-15-17-19-22-54(66)64-44-48-26-30-52(62-42-48)50-28-24-46(40-60-50)38-58-36-34-56-32-21-33-57-35-37-59-39-47-25-29-51(61-41-47)53-31-27-49(43-63-53)45-65-55(67)23-20-18-16-14-12-10-8-6-4-2/h24-31,40-43,56-59H,3-23,32-39,44-45H2,1-2H3,(H,64,66)(H,65,67). The van der Waals surface area contributed by atoms with Crippen molar-refractivity contribution in [3.8, 4) is 22.8 Å². The number of unbranched alkanes of at least 4 members (excludes halogenated alkanes) is 16. The Bertz CT molecular complexity index is 1700. The summed E-state index contributed by atoms with van der Waals surface area (Å²) >= 11 is 0. The number of carbonyl (C=O) groups excluding carboxylic acids is 2. The van der Waals surface area contributed by atoms with E-state index < -0.39 is 0 Å². The van der Waals surface area contributed by atoms with Crippen molar-refractivity contribution in [3.05, 3.63) is 95.6 Å². The zero-order valence-electron chi connectivity index (χ0n) is 41.5. The molecule has 2 amide bonds. The van der Waals surface area contributed by atoms with Gasteiger partial charge in [-0.1, -0.05) is 141 Å². The minimum atomic E-state index is 0.118. The summed E-state index contributed by atoms with van der Waals surface area (Å²) < 4.78 is 0. The molecular weight excluding hydrogens is 833 g/mol. The molecule has 67 heavy (non-hydrogen) atoms. The normalized spacial score (nSPS) is 11.3. The first-order valence-corrected chi connectivity index (χ1v) is 26.2. The molecule has 0 saturated carbocycles. The van der Waals surface area contributed by atoms with Gasteiger partial charge in [0.05, 0.1) is 22.8 Å². The fourth-order valence-corrected chi connectivity index (χ4v) is 7.90. The summed E-state index contributed by atoms with van der Waals surface area (Å²) in [5, 5.41) is 20.1. The van der Waals surface area contributed by atoms with E-state index >= 15 is 0 Å². The Kier molecular flexibility index (Phi) is 29.9. The highest BCUT2D eigenvalue weighted by Gasteiger charge is 2.07. The summed E-state index contributed by atoms with van der Waals surface area (Å²) in [6.07, 6.45) is 32.3. The Morgan fingerprint density at radius 1 is 0.343 bits per heavy atom. The van der Waals surface area contributed by atoms with E-state index in [-0.39, 0.29) is 11.8 Å². The van der Waals surface area contributed by atoms with Crippen molar-refractivity contribution in [1.29, 1.82) is 0 Å². The van der Waals surface area contributed by atoms with E-state index in [0.29, 0.717) is 25.9 Å². The molecule has 12 nitrogen and oxygen atoms in total. The molecule has 0 aromatic carbocycles. The lowest BCUT2D eigenvalue weighted by atomic mass is 10.1. The Morgan fingerprint density at radius 3 is 0.955 bits per heavy atom. The van der Waals surface area contributed by atoms with E-state index in [1.54, 1.807) is 0 Å². The topological polar surface area (TPSA) is 158 Å². The van der Waals surface area contributed by atoms with Crippen molar-refractivity contribution in [2.24, 2.45) is 0 Å². The molecule has 4 aromatic rings. The molecule has 4 rings (SSSR count). The summed E-state index contributed by atoms with van der Waals surface area (Å²) in [6, 6.07) is 16.2. The molecule has 0 aliphatic rings. The number of pyridine rings is 4. The highest BCUT2D eigenvalue weighted by Crippen LogP contribution is 2.17. The number of nitrogens with zero attached hydrogens (tertiary/aromatic N) is 4. The van der Waals surface area contributed by atoms with E-state index in [4.69, 9.17) is 0 Å². The molecule has 0 bridgehead atoms. The van der Waals surface area contributed by atoms with Gasteiger partial charge in [0.1, 0.15) is 0 Å². The first-order valence-electron chi connectivity index (χ1n) is 26.2. The molecular formula is C55H86N10O2. The van der Waals surface area contributed by atoms with E-state index in [2.05, 4.69) is 77.8 Å². The lowest BCUT2D eigenvalue weighted by molar-refractivity contribution is -0.122. The molecule has 368 valence electrons. The van der Waals surface area contributed by atoms with E-state index in [1.165, 1.54) is 89.9 Å². The van der Waals surface area contributed by atoms with E-state index in [1.807, 2.05) is 61.2 Å². The van der Waals surface area contributed by atoms with Gasteiger partial charge in [0.15, 0.2) is 0 Å². The monoisotopic (exact) mass is 919 g/mol. The summed E-state index contributed by atoms with van der Waals surface area (Å²) in [6.45, 7) is 12.6. The number of rotatable bonds is 40. The number of aromatic nitrogens is 4. The first-order chi connectivity index (χ1) is 33.0. The van der Waals surface area contributed by atoms with Crippen LogP contribution in [-0.2, 0) is 35.8 Å². The van der Waals surface area contributed by atoms with Gasteiger partial charge in [0.2, 0.25) is 11.8 Å². The van der Waals surface area contributed by atoms with Gasteiger partial charge in [-0.15, -0.1) is 0 Å². The third-order valence-corrected chi connectivity index (χ3v) is 12.1. The van der Waals surface area contributed by atoms with Crippen LogP contribution in [-0.4, -0.2) is 71.0 Å². The Labute approximate surface area is 404 Å². The molecule has 0 radical (unpaired) electrons. The highest BCUT2D eigenvalue weighted by molar-refractivity contribution is 5.76. The van der Waals surface area contributed by atoms with Gasteiger partial charge in [0, 0.05) is 90.0 Å². The lowest BCUT2D eigenvalue weighted by Crippen LogP contribution is -2.31. The van der Waals surface area contributed by atoms with Gasteiger partial charge in [-0.25, -0.2) is 0 Å². The fourth-order valence-electron chi connectivity index (χ4n) is 7.90. The summed E-state index contributed by atoms with van der Waals surface area (Å²) in [5.74, 6) is 0.236. The van der Waals surface area contributed by atoms with Crippen LogP contribution >= 0.6 is 0 Å². The van der Waals surface area contributed by atoms with Crippen LogP contribution in [0.2, 0.25) is 0 Å². The third-order valence-electron chi connectivity index (χ3n) is 12.1. The van der Waals surface area contributed by atoms with Crippen molar-refractivity contribution >= 4 is 11.8 Å². The number of hydrogen-bond acceptors (Lipinski definition) is 10. The maximum Gasteiger partial charge on any atom is 0.220 e. The second-order valence-corrected chi connectivity index (χ2v) is 18.1. The van der Waals surface area contributed by atoms with Gasteiger partial charge in [-0.2, -0.15) is 0 Å². The average molecular weight is 919 g/mol. The molecule has 0 spiro atoms. The number of amides is 2. The van der Waals surface area contributed by atoms with Crippen LogP contribution in [0.5, 0.6) is 0 Å². The van der Waals surface area contributed by atoms with Crippen molar-refractivity contribution in [2.75, 3.05) is 39.3 Å². The molecule has 4 heterocycles. The smallest absolute Gasteiger partial charge is 0.220 e. The Balaban J connectivity index is 0.932. The predicted octanol–water partition coefficient (Wildman–Crippen LogP) is 10.1. The largest absolute Gasteiger partial charge is 0.352 e. The van der Waals surface area contributed by atoms with Crippen LogP contribution in [0.1, 0.15) is 171 Å². The molecule has 12 heteroatoms. The molecule has 0 aliphatic heterocycles. The number of carbonyl (C=O) groups is 2. The zero-order chi connectivity index (χ0) is 47.3. The maximum absolute atomic E-state index is 12.3. The van der Waals surface area contributed by atoms with Crippen LogP contribution < -0.4 is 31.9 Å². The predicted molar refractivity (Wildman–Crippen MR) is 276 cm³/mol. The van der Waals surface area contributed by atoms with Crippen LogP contribution in [0.25, 0.3) is 22.8 Å². The molecule has 4 aromatic heterocycles. The first kappa shape index (κ1) is 55.0. The molecule has 0 atom stereocenters. The molecule has 0 fully saturated rings. The third kappa shape index (κ3) is 25.9. The van der Waals surface area contributed by atoms with Gasteiger partial charge in [-0.05, 0) is 78.9 Å². The van der Waals surface area contributed by atoms with Crippen LogP contribution in [0.4, 0.5) is 0 Å². The lowest BCUT2D eigenvalue weighted by Gasteiger charge is -2.09. The van der Waals surface area contributed by atoms with Crippen LogP contribution in [0.15, 0.2) is 73.3 Å². The van der Waals surface area contributed by atoms with E-state index in [9.17, 15) is 9.59 Å². The Morgan fingerprint density at radius 2 is 0.642 bits per heavy atom. The fraction of sp³-hybridized carbons (Fsp3) is 0.600. The molecule has 0 unspecified atom stereocenters. The van der Waals surface area contributed by atoms with Crippen molar-refractivity contribution in [1.82, 2.24) is 51.8 Å². The second-order valence-electron chi connectivity index (χ2n) is 18.1. The van der Waals surface area contributed by atoms with Crippen LogP contribution in [0, 0.1) is 0 Å². The Hall–Kier alpha value is -4.62. The molecule has 0 aliphatic carbocycles. The second kappa shape index (κ2) is 36.4. The zero-order valence-corrected chi connectivity index (χ0v) is 41.5. The minimum Gasteiger partial charge on any atom is -0.352 e. The van der Waals surface area contributed by atoms with Gasteiger partial charge < -0.3 is 31.9 Å². The summed E-state index contributed by atoms with van der Waals surface area (Å²) in [4.78, 5) is 43.1. The van der Waals surface area contributed by atoms with Crippen LogP contribution in [0.3, 0.4) is 0 Å². The molecule has 6 N–H and O–H groups in total. The summed E-state index contributed by atoms with van der Waals surface area (Å²) in [5.41, 5.74) is 7.60. The average Bonchev–Trinajstić information content (AvgIpc) is 3.36. The van der Waals surface area contributed by atoms with Crippen molar-refractivity contribution in [3.63, 3.8) is 0 Å². The highest BCUT2D eigenvalue weighted by atomic mass is 16.2. The number of hydrogen-bond donors (Lipinski definition) is 6. The maximum atomic E-state index is 12.3. The van der Waals surface area contributed by atoms with Crippen molar-refractivity contribution in [2.45, 2.75) is 175 Å². The SMILES string of the molecule is CCCCCCCCCCCC(=O)NCc1ccc(-c2ccc(CNCCNCCCNCCNCc3ccc(-c4ccc(CNC(=O)CCCCCCCCCCC)cn4)nc3)cn2)nc1. The summed E-state index contributed by atoms with van der Waals surface area (Å²) in [7, 11) is 0. The van der Waals surface area contributed by atoms with Gasteiger partial charge >= 0.3 is 0 Å². The van der Waals surface area contributed by atoms with Gasteiger partial charge in [0.25, 0.3) is 0 Å². The van der Waals surface area contributed by atoms with Crippen molar-refractivity contribution < 1.29 is 9.59 Å².